The Bertz CT molecular complexity index is 706. The largest absolute Gasteiger partial charge is 0.444 e. The zero-order valence-corrected chi connectivity index (χ0v) is 15.6. The summed E-state index contributed by atoms with van der Waals surface area (Å²) in [6, 6.07) is 2.01. The van der Waals surface area contributed by atoms with E-state index >= 15 is 0 Å². The minimum Gasteiger partial charge on any atom is -0.444 e. The standard InChI is InChI=1S/C17H25ClN4O2/c1-11(2)8-13(10-20-16(23)24-17(3,4)5)22-7-6-12-9-19-15(18)21-14(12)22/h6-7,9,11,13H,8,10H2,1-5H3,(H,20,23)/t13-/m0/s1. The Morgan fingerprint density at radius 1 is 1.42 bits per heavy atom. The van der Waals surface area contributed by atoms with Gasteiger partial charge in [-0.25, -0.2) is 9.78 Å². The fourth-order valence-corrected chi connectivity index (χ4v) is 2.70. The Morgan fingerprint density at radius 3 is 2.75 bits per heavy atom. The minimum absolute atomic E-state index is 0.0565. The van der Waals surface area contributed by atoms with E-state index in [4.69, 9.17) is 16.3 Å². The van der Waals surface area contributed by atoms with Gasteiger partial charge in [0, 0.05) is 24.3 Å². The molecule has 6 nitrogen and oxygen atoms in total. The van der Waals surface area contributed by atoms with Crippen molar-refractivity contribution in [2.75, 3.05) is 6.54 Å². The summed E-state index contributed by atoms with van der Waals surface area (Å²) in [7, 11) is 0. The van der Waals surface area contributed by atoms with E-state index in [0.29, 0.717) is 12.5 Å². The number of amides is 1. The van der Waals surface area contributed by atoms with Crippen molar-refractivity contribution in [2.45, 2.75) is 52.7 Å². The first-order valence-corrected chi connectivity index (χ1v) is 8.49. The Morgan fingerprint density at radius 2 is 2.12 bits per heavy atom. The molecule has 0 radical (unpaired) electrons. The van der Waals surface area contributed by atoms with E-state index in [9.17, 15) is 4.79 Å². The summed E-state index contributed by atoms with van der Waals surface area (Å²) in [6.07, 6.45) is 4.13. The van der Waals surface area contributed by atoms with Gasteiger partial charge in [0.05, 0.1) is 6.04 Å². The van der Waals surface area contributed by atoms with Crippen LogP contribution >= 0.6 is 11.6 Å². The molecule has 0 saturated heterocycles. The number of aromatic nitrogens is 3. The highest BCUT2D eigenvalue weighted by molar-refractivity contribution is 6.28. The smallest absolute Gasteiger partial charge is 0.407 e. The number of ether oxygens (including phenoxy) is 1. The molecular formula is C17H25ClN4O2. The van der Waals surface area contributed by atoms with Gasteiger partial charge < -0.3 is 14.6 Å². The predicted molar refractivity (Wildman–Crippen MR) is 95.3 cm³/mol. The molecule has 2 aromatic rings. The molecule has 1 N–H and O–H groups in total. The molecule has 0 aliphatic rings. The minimum atomic E-state index is -0.515. The summed E-state index contributed by atoms with van der Waals surface area (Å²) in [4.78, 5) is 20.3. The Kier molecular flexibility index (Phi) is 5.70. The van der Waals surface area contributed by atoms with Gasteiger partial charge in [-0.2, -0.15) is 4.98 Å². The van der Waals surface area contributed by atoms with Crippen LogP contribution < -0.4 is 5.32 Å². The fourth-order valence-electron chi connectivity index (χ4n) is 2.57. The van der Waals surface area contributed by atoms with Crippen LogP contribution in [-0.2, 0) is 4.74 Å². The first kappa shape index (κ1) is 18.5. The van der Waals surface area contributed by atoms with Crippen molar-refractivity contribution in [3.8, 4) is 0 Å². The molecule has 0 spiro atoms. The molecule has 1 amide bonds. The van der Waals surface area contributed by atoms with Crippen LogP contribution in [0.1, 0.15) is 47.1 Å². The van der Waals surface area contributed by atoms with E-state index in [1.54, 1.807) is 6.20 Å². The summed E-state index contributed by atoms with van der Waals surface area (Å²) >= 11 is 5.93. The number of nitrogens with one attached hydrogen (secondary N) is 1. The second-order valence-corrected chi connectivity index (χ2v) is 7.65. The van der Waals surface area contributed by atoms with Crippen LogP contribution in [0.25, 0.3) is 11.0 Å². The van der Waals surface area contributed by atoms with E-state index in [1.807, 2.05) is 37.6 Å². The van der Waals surface area contributed by atoms with E-state index in [-0.39, 0.29) is 11.3 Å². The number of hydrogen-bond acceptors (Lipinski definition) is 4. The molecular weight excluding hydrogens is 328 g/mol. The number of rotatable bonds is 5. The van der Waals surface area contributed by atoms with Crippen LogP contribution in [0.2, 0.25) is 5.28 Å². The highest BCUT2D eigenvalue weighted by Gasteiger charge is 2.20. The molecule has 0 fully saturated rings. The highest BCUT2D eigenvalue weighted by Crippen LogP contribution is 2.24. The average molecular weight is 353 g/mol. The summed E-state index contributed by atoms with van der Waals surface area (Å²) in [5, 5.41) is 3.99. The van der Waals surface area contributed by atoms with Crippen molar-refractivity contribution in [1.29, 1.82) is 0 Å². The van der Waals surface area contributed by atoms with Gasteiger partial charge in [-0.3, -0.25) is 0 Å². The van der Waals surface area contributed by atoms with Crippen molar-refractivity contribution in [2.24, 2.45) is 5.92 Å². The topological polar surface area (TPSA) is 69.0 Å². The molecule has 0 aliphatic carbocycles. The van der Waals surface area contributed by atoms with Crippen LogP contribution in [0, 0.1) is 5.92 Å². The van der Waals surface area contributed by atoms with Gasteiger partial charge in [-0.15, -0.1) is 0 Å². The van der Waals surface area contributed by atoms with Gasteiger partial charge >= 0.3 is 6.09 Å². The van der Waals surface area contributed by atoms with Crippen molar-refractivity contribution in [3.63, 3.8) is 0 Å². The predicted octanol–water partition coefficient (Wildman–Crippen LogP) is 4.20. The highest BCUT2D eigenvalue weighted by atomic mass is 35.5. The molecule has 2 rings (SSSR count). The van der Waals surface area contributed by atoms with Gasteiger partial charge in [0.2, 0.25) is 5.28 Å². The monoisotopic (exact) mass is 352 g/mol. The normalized spacial score (nSPS) is 13.3. The lowest BCUT2D eigenvalue weighted by molar-refractivity contribution is 0.0518. The number of nitrogens with zero attached hydrogens (tertiary/aromatic N) is 3. The van der Waals surface area contributed by atoms with E-state index in [2.05, 4.69) is 29.1 Å². The van der Waals surface area contributed by atoms with Crippen LogP contribution in [0.3, 0.4) is 0 Å². The van der Waals surface area contributed by atoms with Crippen molar-refractivity contribution in [1.82, 2.24) is 19.9 Å². The van der Waals surface area contributed by atoms with E-state index in [1.165, 1.54) is 0 Å². The molecule has 0 bridgehead atoms. The lowest BCUT2D eigenvalue weighted by atomic mass is 10.0. The zero-order chi connectivity index (χ0) is 17.9. The third kappa shape index (κ3) is 5.09. The maximum Gasteiger partial charge on any atom is 0.407 e. The Labute approximate surface area is 147 Å². The maximum absolute atomic E-state index is 11.9. The number of halogens is 1. The first-order valence-electron chi connectivity index (χ1n) is 8.11. The molecule has 0 unspecified atom stereocenters. The quantitative estimate of drug-likeness (QED) is 0.819. The molecule has 132 valence electrons. The maximum atomic E-state index is 11.9. The van der Waals surface area contributed by atoms with E-state index < -0.39 is 11.7 Å². The number of carbonyl (C=O) groups is 1. The SMILES string of the molecule is CC(C)C[C@@H](CNC(=O)OC(C)(C)C)n1ccc2cnc(Cl)nc21. The molecule has 2 heterocycles. The second kappa shape index (κ2) is 7.38. The lowest BCUT2D eigenvalue weighted by Crippen LogP contribution is -2.36. The molecule has 0 aromatic carbocycles. The van der Waals surface area contributed by atoms with Crippen LogP contribution in [0.4, 0.5) is 4.79 Å². The summed E-state index contributed by atoms with van der Waals surface area (Å²) in [5.74, 6) is 0.463. The molecule has 0 aliphatic heterocycles. The van der Waals surface area contributed by atoms with E-state index in [0.717, 1.165) is 17.5 Å². The molecule has 1 atom stereocenters. The van der Waals surface area contributed by atoms with Gasteiger partial charge in [0.1, 0.15) is 11.2 Å². The van der Waals surface area contributed by atoms with Gasteiger partial charge in [0.25, 0.3) is 0 Å². The third-order valence-corrected chi connectivity index (χ3v) is 3.63. The van der Waals surface area contributed by atoms with Crippen LogP contribution in [0.15, 0.2) is 18.5 Å². The number of carbonyl (C=O) groups excluding carboxylic acids is 1. The van der Waals surface area contributed by atoms with Gasteiger partial charge in [-0.1, -0.05) is 13.8 Å². The average Bonchev–Trinajstić information content (AvgIpc) is 2.84. The summed E-state index contributed by atoms with van der Waals surface area (Å²) in [5.41, 5.74) is 0.255. The van der Waals surface area contributed by atoms with Crippen LogP contribution in [-0.4, -0.2) is 32.8 Å². The summed E-state index contributed by atoms with van der Waals surface area (Å²) < 4.78 is 7.35. The van der Waals surface area contributed by atoms with Crippen molar-refractivity contribution < 1.29 is 9.53 Å². The van der Waals surface area contributed by atoms with Crippen molar-refractivity contribution >= 4 is 28.7 Å². The Balaban J connectivity index is 2.18. The number of fused-ring (bicyclic) bond motifs is 1. The lowest BCUT2D eigenvalue weighted by Gasteiger charge is -2.24. The molecule has 0 saturated carbocycles. The molecule has 7 heteroatoms. The third-order valence-electron chi connectivity index (χ3n) is 3.44. The fraction of sp³-hybridized carbons (Fsp3) is 0.588. The van der Waals surface area contributed by atoms with Gasteiger partial charge in [-0.05, 0) is 50.8 Å². The number of hydrogen-bond donors (Lipinski definition) is 1. The zero-order valence-electron chi connectivity index (χ0n) is 14.8. The molecule has 2 aromatic heterocycles. The molecule has 24 heavy (non-hydrogen) atoms. The summed E-state index contributed by atoms with van der Waals surface area (Å²) in [6.45, 7) is 10.3. The number of alkyl carbamates (subject to hydrolysis) is 1. The second-order valence-electron chi connectivity index (χ2n) is 7.31. The van der Waals surface area contributed by atoms with Gasteiger partial charge in [0.15, 0.2) is 0 Å². The Hall–Kier alpha value is -1.82. The van der Waals surface area contributed by atoms with Crippen molar-refractivity contribution in [3.05, 3.63) is 23.7 Å². The van der Waals surface area contributed by atoms with Crippen LogP contribution in [0.5, 0.6) is 0 Å². The first-order chi connectivity index (χ1) is 11.2.